The summed E-state index contributed by atoms with van der Waals surface area (Å²) in [7, 11) is 2.14. The average Bonchev–Trinajstić information content (AvgIpc) is 3.51. The van der Waals surface area contributed by atoms with E-state index in [1.807, 2.05) is 0 Å². The van der Waals surface area contributed by atoms with Gasteiger partial charge in [-0.05, 0) is 74.7 Å². The lowest BCUT2D eigenvalue weighted by Gasteiger charge is -2.50. The van der Waals surface area contributed by atoms with Gasteiger partial charge in [-0.1, -0.05) is 18.7 Å². The van der Waals surface area contributed by atoms with Crippen LogP contribution in [0, 0.1) is 17.2 Å². The smallest absolute Gasteiger partial charge is 0.282 e. The van der Waals surface area contributed by atoms with Crippen LogP contribution in [0.25, 0.3) is 0 Å². The molecule has 2 aliphatic carbocycles. The minimum atomic E-state index is -1.00. The van der Waals surface area contributed by atoms with Gasteiger partial charge in [0.1, 0.15) is 13.2 Å². The SMILES string of the molecule is C=C(F)C(=O)N1CC2COc3c(OC[C@@H]4CCCN4C)nc4c(c3N2C[C@@H]1CC#N)CCN(c1cccc2c1C1CC1C2)C4. The zero-order valence-electron chi connectivity index (χ0n) is 25.3. The van der Waals surface area contributed by atoms with Crippen molar-refractivity contribution in [1.82, 2.24) is 14.8 Å². The third-order valence-corrected chi connectivity index (χ3v) is 10.8. The van der Waals surface area contributed by atoms with E-state index < -0.39 is 17.8 Å². The number of aromatic nitrogens is 1. The number of ether oxygens (including phenoxy) is 2. The fourth-order valence-electron chi connectivity index (χ4n) is 8.44. The van der Waals surface area contributed by atoms with Crippen LogP contribution in [0.4, 0.5) is 15.8 Å². The molecule has 3 unspecified atom stereocenters. The Labute approximate surface area is 257 Å². The van der Waals surface area contributed by atoms with E-state index in [9.17, 15) is 14.4 Å². The Kier molecular flexibility index (Phi) is 6.70. The quantitative estimate of drug-likeness (QED) is 0.463. The molecule has 5 atom stereocenters. The summed E-state index contributed by atoms with van der Waals surface area (Å²) in [6.07, 6.45) is 5.66. The average molecular weight is 599 g/mol. The molecule has 2 saturated heterocycles. The highest BCUT2D eigenvalue weighted by atomic mass is 19.1. The van der Waals surface area contributed by atoms with E-state index >= 15 is 0 Å². The van der Waals surface area contributed by atoms with Gasteiger partial charge in [0.15, 0.2) is 5.83 Å². The first-order chi connectivity index (χ1) is 21.4. The maximum atomic E-state index is 14.0. The molecule has 1 amide bonds. The van der Waals surface area contributed by atoms with E-state index in [4.69, 9.17) is 14.5 Å². The van der Waals surface area contributed by atoms with Gasteiger partial charge in [0.05, 0.1) is 42.5 Å². The summed E-state index contributed by atoms with van der Waals surface area (Å²) in [6.45, 7) is 7.38. The Morgan fingerprint density at radius 1 is 1.27 bits per heavy atom. The van der Waals surface area contributed by atoms with Crippen molar-refractivity contribution in [3.8, 4) is 17.7 Å². The van der Waals surface area contributed by atoms with Crippen molar-refractivity contribution in [3.63, 3.8) is 0 Å². The van der Waals surface area contributed by atoms with Gasteiger partial charge >= 0.3 is 0 Å². The van der Waals surface area contributed by atoms with E-state index in [2.05, 4.69) is 52.6 Å². The van der Waals surface area contributed by atoms with Gasteiger partial charge in [-0.3, -0.25) is 4.79 Å². The molecule has 6 aliphatic rings. The number of hydrogen-bond acceptors (Lipinski definition) is 8. The highest BCUT2D eigenvalue weighted by molar-refractivity contribution is 5.91. The summed E-state index contributed by atoms with van der Waals surface area (Å²) < 4.78 is 27.0. The highest BCUT2D eigenvalue weighted by Gasteiger charge is 2.48. The molecule has 10 heteroatoms. The molecule has 2 aromatic rings. The molecule has 9 nitrogen and oxygen atoms in total. The molecule has 0 spiro atoms. The molecule has 44 heavy (non-hydrogen) atoms. The van der Waals surface area contributed by atoms with Gasteiger partial charge in [-0.25, -0.2) is 9.37 Å². The summed E-state index contributed by atoms with van der Waals surface area (Å²) in [5.41, 5.74) is 7.49. The molecule has 3 fully saturated rings. The van der Waals surface area contributed by atoms with Crippen LogP contribution >= 0.6 is 0 Å². The largest absolute Gasteiger partial charge is 0.484 e. The van der Waals surface area contributed by atoms with Gasteiger partial charge in [0.25, 0.3) is 11.8 Å². The number of anilines is 2. The predicted octanol–water partition coefficient (Wildman–Crippen LogP) is 3.95. The molecule has 1 saturated carbocycles. The maximum absolute atomic E-state index is 14.0. The van der Waals surface area contributed by atoms with Crippen LogP contribution in [0.2, 0.25) is 0 Å². The molecular formula is C34H39FN6O3. The van der Waals surface area contributed by atoms with Crippen LogP contribution in [0.15, 0.2) is 30.6 Å². The van der Waals surface area contributed by atoms with Crippen molar-refractivity contribution in [2.75, 3.05) is 56.2 Å². The zero-order chi connectivity index (χ0) is 30.1. The Morgan fingerprint density at radius 2 is 2.16 bits per heavy atom. The fraction of sp³-hybridized carbons (Fsp3) is 0.559. The van der Waals surface area contributed by atoms with Crippen LogP contribution in [-0.2, 0) is 24.2 Å². The third kappa shape index (κ3) is 4.50. The second-order valence-corrected chi connectivity index (χ2v) is 13.4. The predicted molar refractivity (Wildman–Crippen MR) is 164 cm³/mol. The van der Waals surface area contributed by atoms with Gasteiger partial charge < -0.3 is 29.1 Å². The normalized spacial score (nSPS) is 28.2. The Bertz CT molecular complexity index is 1570. The number of fused-ring (bicyclic) bond motifs is 8. The molecule has 0 bridgehead atoms. The molecule has 0 radical (unpaired) electrons. The second kappa shape index (κ2) is 10.7. The number of likely N-dealkylation sites (tertiary alicyclic amines) is 1. The first-order valence-corrected chi connectivity index (χ1v) is 16.1. The van der Waals surface area contributed by atoms with Crippen molar-refractivity contribution in [2.24, 2.45) is 5.92 Å². The topological polar surface area (TPSA) is 85.2 Å². The molecule has 5 heterocycles. The number of nitrogens with zero attached hydrogens (tertiary/aromatic N) is 6. The number of rotatable bonds is 6. The fourth-order valence-corrected chi connectivity index (χ4v) is 8.44. The summed E-state index contributed by atoms with van der Waals surface area (Å²) in [6, 6.07) is 8.67. The van der Waals surface area contributed by atoms with E-state index in [0.717, 1.165) is 55.2 Å². The van der Waals surface area contributed by atoms with Gasteiger partial charge in [0.2, 0.25) is 5.75 Å². The highest BCUT2D eigenvalue weighted by Crippen LogP contribution is 2.59. The lowest BCUT2D eigenvalue weighted by molar-refractivity contribution is -0.132. The lowest BCUT2D eigenvalue weighted by atomic mass is 9.95. The minimum Gasteiger partial charge on any atom is -0.484 e. The Hall–Kier alpha value is -3.84. The minimum absolute atomic E-state index is 0.109. The van der Waals surface area contributed by atoms with Crippen LogP contribution in [0.3, 0.4) is 0 Å². The summed E-state index contributed by atoms with van der Waals surface area (Å²) in [5, 5.41) is 9.62. The Morgan fingerprint density at radius 3 is 2.95 bits per heavy atom. The standard InChI is InChI=1S/C34H39FN6O3/c1-20(35)34(42)41-16-25-19-43-32-31(40(25)15-23(41)8-10-36)26-9-12-39(29-7-3-5-21-13-22-14-27(22)30(21)29)17-28(26)37-33(32)44-18-24-6-4-11-38(24)2/h3,5,7,22-25,27H,1,4,6,8-9,11-19H2,2H3/t22?,23-,24-,25?,27?/m0/s1. The first-order valence-electron chi connectivity index (χ1n) is 16.1. The number of pyridine rings is 1. The van der Waals surface area contributed by atoms with Gasteiger partial charge in [0, 0.05) is 36.9 Å². The van der Waals surface area contributed by atoms with Crippen LogP contribution < -0.4 is 19.3 Å². The van der Waals surface area contributed by atoms with Crippen molar-refractivity contribution >= 4 is 17.3 Å². The lowest BCUT2D eigenvalue weighted by Crippen LogP contribution is -2.63. The number of carbonyl (C=O) groups is 1. The number of likely N-dealkylation sites (N-methyl/N-ethyl adjacent to an activating group) is 1. The number of nitriles is 1. The van der Waals surface area contributed by atoms with Crippen LogP contribution in [0.5, 0.6) is 11.6 Å². The summed E-state index contributed by atoms with van der Waals surface area (Å²) >= 11 is 0. The van der Waals surface area contributed by atoms with E-state index in [0.29, 0.717) is 49.9 Å². The number of amides is 1. The molecule has 1 aromatic carbocycles. The van der Waals surface area contributed by atoms with E-state index in [1.54, 1.807) is 0 Å². The molecule has 0 N–H and O–H groups in total. The van der Waals surface area contributed by atoms with Crippen molar-refractivity contribution < 1.29 is 18.7 Å². The zero-order valence-corrected chi connectivity index (χ0v) is 25.3. The number of benzene rings is 1. The molecular weight excluding hydrogens is 559 g/mol. The van der Waals surface area contributed by atoms with Gasteiger partial charge in [-0.15, -0.1) is 0 Å². The first kappa shape index (κ1) is 27.7. The van der Waals surface area contributed by atoms with Crippen molar-refractivity contribution in [2.45, 2.75) is 69.1 Å². The number of piperazine rings is 1. The maximum Gasteiger partial charge on any atom is 0.282 e. The van der Waals surface area contributed by atoms with Crippen molar-refractivity contribution in [3.05, 3.63) is 53.0 Å². The van der Waals surface area contributed by atoms with Gasteiger partial charge in [-0.2, -0.15) is 5.26 Å². The van der Waals surface area contributed by atoms with E-state index in [-0.39, 0.29) is 19.0 Å². The second-order valence-electron chi connectivity index (χ2n) is 13.4. The monoisotopic (exact) mass is 598 g/mol. The van der Waals surface area contributed by atoms with Crippen molar-refractivity contribution in [1.29, 1.82) is 5.26 Å². The number of carbonyl (C=O) groups excluding carboxylic acids is 1. The van der Waals surface area contributed by atoms with Crippen LogP contribution in [-0.4, -0.2) is 85.3 Å². The Balaban J connectivity index is 1.16. The van der Waals surface area contributed by atoms with Crippen LogP contribution in [0.1, 0.15) is 54.0 Å². The molecule has 230 valence electrons. The van der Waals surface area contributed by atoms with E-state index in [1.165, 1.54) is 34.6 Å². The molecule has 4 aliphatic heterocycles. The summed E-state index contributed by atoms with van der Waals surface area (Å²) in [5.74, 6) is 0.941. The summed E-state index contributed by atoms with van der Waals surface area (Å²) in [4.78, 5) is 26.5. The molecule has 1 aromatic heterocycles. The number of hydrogen-bond donors (Lipinski definition) is 0. The third-order valence-electron chi connectivity index (χ3n) is 10.8. The molecule has 8 rings (SSSR count). The number of halogens is 1.